The summed E-state index contributed by atoms with van der Waals surface area (Å²) in [6.07, 6.45) is 4.66. The first kappa shape index (κ1) is 25.0. The van der Waals surface area contributed by atoms with E-state index in [1.165, 1.54) is 33.3 Å². The third kappa shape index (κ3) is 7.45. The molecule has 6 heteroatoms. The van der Waals surface area contributed by atoms with Gasteiger partial charge in [0.1, 0.15) is 18.1 Å². The van der Waals surface area contributed by atoms with Gasteiger partial charge >= 0.3 is 5.97 Å². The smallest absolute Gasteiger partial charge is 0.335 e. The van der Waals surface area contributed by atoms with Crippen LogP contribution in [-0.4, -0.2) is 30.5 Å². The van der Waals surface area contributed by atoms with E-state index in [9.17, 15) is 9.90 Å². The Morgan fingerprint density at radius 1 is 1.03 bits per heavy atom. The molecule has 0 bridgehead atoms. The van der Waals surface area contributed by atoms with Gasteiger partial charge in [-0.2, -0.15) is 0 Å². The summed E-state index contributed by atoms with van der Waals surface area (Å²) < 4.78 is 11.2. The number of carbonyl (C=O) groups is 1. The van der Waals surface area contributed by atoms with Crippen LogP contribution in [0.1, 0.15) is 63.1 Å². The Kier molecular flexibility index (Phi) is 10.3. The summed E-state index contributed by atoms with van der Waals surface area (Å²) in [5.41, 5.74) is 3.23. The average molecular weight is 440 g/mol. The fourth-order valence-corrected chi connectivity index (χ4v) is 3.21. The van der Waals surface area contributed by atoms with E-state index in [-0.39, 0.29) is 12.2 Å². The van der Waals surface area contributed by atoms with Gasteiger partial charge in [0, 0.05) is 16.7 Å². The predicted octanol–water partition coefficient (Wildman–Crippen LogP) is 6.05. The fraction of sp³-hybridized carbons (Fsp3) is 0.385. The number of carboxylic acids is 1. The molecular formula is C26H33NO5. The molecule has 0 unspecified atom stereocenters. The van der Waals surface area contributed by atoms with Crippen molar-refractivity contribution >= 4 is 17.4 Å². The van der Waals surface area contributed by atoms with Gasteiger partial charge in [0.2, 0.25) is 0 Å². The molecule has 0 aromatic heterocycles. The summed E-state index contributed by atoms with van der Waals surface area (Å²) in [7, 11) is 1.46. The molecule has 0 saturated carbocycles. The van der Waals surface area contributed by atoms with Crippen LogP contribution in [0, 0.1) is 0 Å². The molecule has 0 atom stereocenters. The third-order valence-corrected chi connectivity index (χ3v) is 5.07. The van der Waals surface area contributed by atoms with Crippen molar-refractivity contribution in [3.8, 4) is 5.75 Å². The number of rotatable bonds is 13. The lowest BCUT2D eigenvalue weighted by atomic mass is 10.0. The van der Waals surface area contributed by atoms with Gasteiger partial charge in [-0.1, -0.05) is 67.7 Å². The fourth-order valence-electron chi connectivity index (χ4n) is 3.21. The van der Waals surface area contributed by atoms with Crippen LogP contribution in [0.3, 0.4) is 0 Å². The molecule has 2 rings (SSSR count). The van der Waals surface area contributed by atoms with E-state index in [0.29, 0.717) is 17.9 Å². The van der Waals surface area contributed by atoms with Gasteiger partial charge in [0.25, 0.3) is 0 Å². The van der Waals surface area contributed by atoms with Gasteiger partial charge in [0.15, 0.2) is 0 Å². The van der Waals surface area contributed by atoms with Crippen LogP contribution >= 0.6 is 0 Å². The van der Waals surface area contributed by atoms with Gasteiger partial charge in [-0.15, -0.1) is 0 Å². The molecule has 2 aromatic carbocycles. The highest BCUT2D eigenvalue weighted by Gasteiger charge is 2.15. The van der Waals surface area contributed by atoms with Gasteiger partial charge in [-0.05, 0) is 32.4 Å². The zero-order valence-electron chi connectivity index (χ0n) is 19.4. The minimum Gasteiger partial charge on any atom is -0.496 e. The minimum atomic E-state index is -1.03. The second kappa shape index (κ2) is 13.2. The molecule has 32 heavy (non-hydrogen) atoms. The number of aliphatic carboxylic acids is 1. The molecule has 0 aliphatic carbocycles. The van der Waals surface area contributed by atoms with Crippen molar-refractivity contribution in [2.75, 3.05) is 13.7 Å². The zero-order valence-corrected chi connectivity index (χ0v) is 19.4. The molecule has 0 aliphatic rings. The predicted molar refractivity (Wildman–Crippen MR) is 127 cm³/mol. The van der Waals surface area contributed by atoms with E-state index in [1.54, 1.807) is 0 Å². The number of oxime groups is 1. The van der Waals surface area contributed by atoms with Crippen molar-refractivity contribution in [3.05, 3.63) is 70.8 Å². The van der Waals surface area contributed by atoms with Crippen LogP contribution in [0.4, 0.5) is 0 Å². The van der Waals surface area contributed by atoms with E-state index >= 15 is 0 Å². The lowest BCUT2D eigenvalue weighted by Gasteiger charge is -2.13. The Morgan fingerprint density at radius 3 is 2.53 bits per heavy atom. The third-order valence-electron chi connectivity index (χ3n) is 5.07. The summed E-state index contributed by atoms with van der Waals surface area (Å²) in [6, 6.07) is 15.2. The van der Waals surface area contributed by atoms with Crippen LogP contribution in [-0.2, 0) is 21.0 Å². The maximum absolute atomic E-state index is 11.4. The quantitative estimate of drug-likeness (QED) is 0.135. The van der Waals surface area contributed by atoms with Crippen molar-refractivity contribution in [2.24, 2.45) is 5.16 Å². The number of nitrogens with zero attached hydrogens (tertiary/aromatic N) is 1. The van der Waals surface area contributed by atoms with Crippen molar-refractivity contribution in [3.63, 3.8) is 0 Å². The van der Waals surface area contributed by atoms with E-state index in [1.807, 2.05) is 55.5 Å². The van der Waals surface area contributed by atoms with E-state index in [2.05, 4.69) is 12.1 Å². The Labute approximate surface area is 190 Å². The highest BCUT2D eigenvalue weighted by molar-refractivity contribution is 5.98. The first-order valence-corrected chi connectivity index (χ1v) is 10.9. The topological polar surface area (TPSA) is 77.3 Å². The molecular weight excluding hydrogens is 406 g/mol. The molecule has 2 aromatic rings. The molecule has 172 valence electrons. The van der Waals surface area contributed by atoms with Crippen LogP contribution in [0.5, 0.6) is 5.75 Å². The highest BCUT2D eigenvalue weighted by Crippen LogP contribution is 2.24. The number of carboxylic acid groups (broad SMARTS) is 1. The van der Waals surface area contributed by atoms with Crippen LogP contribution in [0.2, 0.25) is 0 Å². The highest BCUT2D eigenvalue weighted by atomic mass is 16.6. The monoisotopic (exact) mass is 439 g/mol. The standard InChI is InChI=1S/C26H33NO5/c1-5-6-7-10-16-31-23-14-11-13-21(17-23)20(3)27-32-18-22-12-8-9-15-24(22)25(30-4)19(2)26(28)29/h8-9,11-15,17H,5-7,10,16,18H2,1-4H3,(H,28,29)/b25-19+,27-20+. The van der Waals surface area contributed by atoms with Crippen LogP contribution < -0.4 is 4.74 Å². The average Bonchev–Trinajstić information content (AvgIpc) is 2.80. The summed E-state index contributed by atoms with van der Waals surface area (Å²) in [5.74, 6) is 0.0954. The lowest BCUT2D eigenvalue weighted by Crippen LogP contribution is -2.05. The van der Waals surface area contributed by atoms with Crippen molar-refractivity contribution in [1.82, 2.24) is 0 Å². The molecule has 0 spiro atoms. The summed E-state index contributed by atoms with van der Waals surface area (Å²) in [4.78, 5) is 17.0. The molecule has 0 radical (unpaired) electrons. The molecule has 0 saturated heterocycles. The van der Waals surface area contributed by atoms with Gasteiger partial charge in [-0.25, -0.2) is 4.79 Å². The van der Waals surface area contributed by atoms with Gasteiger partial charge in [0.05, 0.1) is 25.0 Å². The molecule has 1 N–H and O–H groups in total. The number of benzene rings is 2. The van der Waals surface area contributed by atoms with Crippen molar-refractivity contribution in [1.29, 1.82) is 0 Å². The first-order chi connectivity index (χ1) is 15.5. The minimum absolute atomic E-state index is 0.131. The van der Waals surface area contributed by atoms with Crippen LogP contribution in [0.25, 0.3) is 5.76 Å². The Balaban J connectivity index is 2.06. The summed E-state index contributed by atoms with van der Waals surface area (Å²) in [6.45, 7) is 6.47. The summed E-state index contributed by atoms with van der Waals surface area (Å²) in [5, 5.41) is 13.6. The van der Waals surface area contributed by atoms with Gasteiger partial charge < -0.3 is 19.4 Å². The number of ether oxygens (including phenoxy) is 2. The molecule has 0 fully saturated rings. The Bertz CT molecular complexity index is 949. The molecule has 0 amide bonds. The van der Waals surface area contributed by atoms with E-state index in [4.69, 9.17) is 14.3 Å². The Morgan fingerprint density at radius 2 is 1.81 bits per heavy atom. The summed E-state index contributed by atoms with van der Waals surface area (Å²) >= 11 is 0. The van der Waals surface area contributed by atoms with E-state index in [0.717, 1.165) is 29.0 Å². The van der Waals surface area contributed by atoms with Crippen molar-refractivity contribution < 1.29 is 24.2 Å². The second-order valence-electron chi connectivity index (χ2n) is 7.51. The number of methoxy groups -OCH3 is 1. The maximum Gasteiger partial charge on any atom is 0.335 e. The lowest BCUT2D eigenvalue weighted by molar-refractivity contribution is -0.132. The number of hydrogen-bond acceptors (Lipinski definition) is 5. The molecule has 0 aliphatic heterocycles. The SMILES string of the molecule is CCCCCCOc1cccc(/C(C)=N/OCc2ccccc2/C(OC)=C(/C)C(=O)O)c1. The second-order valence-corrected chi connectivity index (χ2v) is 7.51. The van der Waals surface area contributed by atoms with Gasteiger partial charge in [-0.3, -0.25) is 0 Å². The Hall–Kier alpha value is -3.28. The number of unbranched alkanes of at least 4 members (excludes halogenated alkanes) is 3. The first-order valence-electron chi connectivity index (χ1n) is 10.9. The molecule has 0 heterocycles. The maximum atomic E-state index is 11.4. The largest absolute Gasteiger partial charge is 0.496 e. The number of hydrogen-bond donors (Lipinski definition) is 1. The van der Waals surface area contributed by atoms with E-state index < -0.39 is 5.97 Å². The zero-order chi connectivity index (χ0) is 23.3. The van der Waals surface area contributed by atoms with Crippen molar-refractivity contribution in [2.45, 2.75) is 53.1 Å². The normalized spacial score (nSPS) is 12.2. The molecule has 6 nitrogen and oxygen atoms in total. The van der Waals surface area contributed by atoms with Crippen LogP contribution in [0.15, 0.2) is 59.3 Å².